The first-order valence-corrected chi connectivity index (χ1v) is 13.8. The van der Waals surface area contributed by atoms with Crippen LogP contribution in [0.3, 0.4) is 0 Å². The normalized spacial score (nSPS) is 18.8. The lowest BCUT2D eigenvalue weighted by molar-refractivity contribution is -0.122. The van der Waals surface area contributed by atoms with Crippen LogP contribution in [-0.4, -0.2) is 90.4 Å². The lowest BCUT2D eigenvalue weighted by atomic mass is 10.00. The lowest BCUT2D eigenvalue weighted by Gasteiger charge is -2.35. The maximum absolute atomic E-state index is 13.3. The summed E-state index contributed by atoms with van der Waals surface area (Å²) in [6, 6.07) is 22.4. The maximum atomic E-state index is 13.3. The largest absolute Gasteiger partial charge is 0.494 e. The summed E-state index contributed by atoms with van der Waals surface area (Å²) in [7, 11) is 3.45. The molecular formula is C32H33N5O4. The van der Waals surface area contributed by atoms with E-state index in [0.717, 1.165) is 49.2 Å². The van der Waals surface area contributed by atoms with Gasteiger partial charge in [0.25, 0.3) is 0 Å². The summed E-state index contributed by atoms with van der Waals surface area (Å²) in [6.07, 6.45) is 0.831. The number of piperazine rings is 1. The van der Waals surface area contributed by atoms with Crippen molar-refractivity contribution < 1.29 is 19.4 Å². The SMILES string of the molecule is COC(=O)c1ccc2c(C(=Nc3ccc(N4CCC(N5CCN(C)CC5)C4=O)cc3)c3ccccc3)c(O)[nH]c2c1. The Bertz CT molecular complexity index is 1600. The maximum Gasteiger partial charge on any atom is 0.337 e. The minimum absolute atomic E-state index is 0.0427. The molecule has 2 aliphatic heterocycles. The number of aromatic hydroxyl groups is 1. The molecule has 2 N–H and O–H groups in total. The molecule has 1 unspecified atom stereocenters. The molecule has 3 heterocycles. The van der Waals surface area contributed by atoms with Gasteiger partial charge < -0.3 is 24.6 Å². The molecule has 41 heavy (non-hydrogen) atoms. The number of hydrogen-bond acceptors (Lipinski definition) is 7. The number of H-pyrrole nitrogens is 1. The van der Waals surface area contributed by atoms with Crippen molar-refractivity contribution in [2.75, 3.05) is 51.8 Å². The average Bonchev–Trinajstić information content (AvgIpc) is 3.55. The van der Waals surface area contributed by atoms with Crippen molar-refractivity contribution >= 4 is 39.9 Å². The number of hydrogen-bond donors (Lipinski definition) is 2. The van der Waals surface area contributed by atoms with Crippen molar-refractivity contribution in [2.24, 2.45) is 4.99 Å². The Kier molecular flexibility index (Phi) is 7.30. The minimum Gasteiger partial charge on any atom is -0.494 e. The molecule has 2 aliphatic rings. The first-order chi connectivity index (χ1) is 19.9. The topological polar surface area (TPSA) is 101 Å². The van der Waals surface area contributed by atoms with Gasteiger partial charge >= 0.3 is 5.97 Å². The number of rotatable bonds is 6. The molecular weight excluding hydrogens is 518 g/mol. The number of nitrogens with one attached hydrogen (secondary N) is 1. The van der Waals surface area contributed by atoms with Gasteiger partial charge in [-0.15, -0.1) is 0 Å². The fourth-order valence-corrected chi connectivity index (χ4v) is 5.76. The van der Waals surface area contributed by atoms with Crippen molar-refractivity contribution in [1.82, 2.24) is 14.8 Å². The highest BCUT2D eigenvalue weighted by molar-refractivity contribution is 6.22. The predicted octanol–water partition coefficient (Wildman–Crippen LogP) is 4.18. The highest BCUT2D eigenvalue weighted by atomic mass is 16.5. The number of carbonyl (C=O) groups is 2. The van der Waals surface area contributed by atoms with Gasteiger partial charge in [0, 0.05) is 54.9 Å². The number of nitrogens with zero attached hydrogens (tertiary/aromatic N) is 4. The molecule has 0 radical (unpaired) electrons. The van der Waals surface area contributed by atoms with E-state index in [1.807, 2.05) is 59.5 Å². The van der Waals surface area contributed by atoms with Crippen LogP contribution in [0.1, 0.15) is 27.9 Å². The fourth-order valence-electron chi connectivity index (χ4n) is 5.76. The molecule has 210 valence electrons. The smallest absolute Gasteiger partial charge is 0.337 e. The molecule has 2 fully saturated rings. The lowest BCUT2D eigenvalue weighted by Crippen LogP contribution is -2.51. The number of methoxy groups -OCH3 is 1. The Morgan fingerprint density at radius 2 is 1.68 bits per heavy atom. The summed E-state index contributed by atoms with van der Waals surface area (Å²) in [5, 5.41) is 11.7. The molecule has 9 nitrogen and oxygen atoms in total. The van der Waals surface area contributed by atoms with E-state index < -0.39 is 5.97 Å². The Morgan fingerprint density at radius 1 is 0.951 bits per heavy atom. The third-order valence-electron chi connectivity index (χ3n) is 8.04. The Balaban J connectivity index is 1.31. The van der Waals surface area contributed by atoms with Crippen LogP contribution in [-0.2, 0) is 9.53 Å². The highest BCUT2D eigenvalue weighted by Gasteiger charge is 2.37. The summed E-state index contributed by atoms with van der Waals surface area (Å²) >= 11 is 0. The van der Waals surface area contributed by atoms with Gasteiger partial charge in [0.15, 0.2) is 5.88 Å². The second-order valence-electron chi connectivity index (χ2n) is 10.6. The number of amides is 1. The first-order valence-electron chi connectivity index (χ1n) is 13.8. The number of aromatic amines is 1. The van der Waals surface area contributed by atoms with Crippen molar-refractivity contribution in [3.63, 3.8) is 0 Å². The van der Waals surface area contributed by atoms with Crippen LogP contribution >= 0.6 is 0 Å². The van der Waals surface area contributed by atoms with Crippen molar-refractivity contribution in [3.05, 3.63) is 89.5 Å². The monoisotopic (exact) mass is 551 g/mol. The fraction of sp³-hybridized carbons (Fsp3) is 0.281. The minimum atomic E-state index is -0.453. The average molecular weight is 552 g/mol. The third-order valence-corrected chi connectivity index (χ3v) is 8.04. The zero-order valence-corrected chi connectivity index (χ0v) is 23.2. The molecule has 1 aromatic heterocycles. The van der Waals surface area contributed by atoms with E-state index in [9.17, 15) is 14.7 Å². The van der Waals surface area contributed by atoms with Crippen LogP contribution in [0.15, 0.2) is 77.8 Å². The third kappa shape index (κ3) is 5.21. The molecule has 1 atom stereocenters. The summed E-state index contributed by atoms with van der Waals surface area (Å²) < 4.78 is 4.84. The second kappa shape index (κ2) is 11.2. The number of aliphatic imine (C=N–C) groups is 1. The van der Waals surface area contributed by atoms with Crippen LogP contribution in [0.4, 0.5) is 11.4 Å². The number of fused-ring (bicyclic) bond motifs is 1. The van der Waals surface area contributed by atoms with Crippen molar-refractivity contribution in [1.29, 1.82) is 0 Å². The molecule has 1 amide bonds. The summed E-state index contributed by atoms with van der Waals surface area (Å²) in [6.45, 7) is 4.50. The predicted molar refractivity (Wildman–Crippen MR) is 159 cm³/mol. The van der Waals surface area contributed by atoms with E-state index in [2.05, 4.69) is 21.8 Å². The number of likely N-dealkylation sites (N-methyl/N-ethyl adjacent to an activating group) is 1. The van der Waals surface area contributed by atoms with Gasteiger partial charge in [-0.25, -0.2) is 9.79 Å². The molecule has 3 aromatic carbocycles. The molecule has 0 spiro atoms. The summed E-state index contributed by atoms with van der Waals surface area (Å²) in [5.74, 6) is -0.337. The summed E-state index contributed by atoms with van der Waals surface area (Å²) in [5.41, 5.74) is 4.48. The van der Waals surface area contributed by atoms with Gasteiger partial charge in [-0.3, -0.25) is 9.69 Å². The van der Waals surface area contributed by atoms with E-state index in [4.69, 9.17) is 9.73 Å². The molecule has 2 saturated heterocycles. The molecule has 9 heteroatoms. The van der Waals surface area contributed by atoms with Gasteiger partial charge in [-0.1, -0.05) is 36.4 Å². The van der Waals surface area contributed by atoms with Gasteiger partial charge in [-0.05, 0) is 49.9 Å². The zero-order valence-electron chi connectivity index (χ0n) is 23.2. The molecule has 0 saturated carbocycles. The Morgan fingerprint density at radius 3 is 2.39 bits per heavy atom. The number of anilines is 1. The second-order valence-corrected chi connectivity index (χ2v) is 10.6. The van der Waals surface area contributed by atoms with Gasteiger partial charge in [0.1, 0.15) is 0 Å². The van der Waals surface area contributed by atoms with Gasteiger partial charge in [0.05, 0.1) is 35.7 Å². The molecule has 4 aromatic rings. The van der Waals surface area contributed by atoms with E-state index in [1.54, 1.807) is 18.2 Å². The van der Waals surface area contributed by atoms with Crippen LogP contribution in [0.5, 0.6) is 5.88 Å². The van der Waals surface area contributed by atoms with Crippen LogP contribution in [0.2, 0.25) is 0 Å². The van der Waals surface area contributed by atoms with Gasteiger partial charge in [0.2, 0.25) is 5.91 Å². The van der Waals surface area contributed by atoms with Crippen LogP contribution in [0, 0.1) is 0 Å². The van der Waals surface area contributed by atoms with E-state index >= 15 is 0 Å². The zero-order chi connectivity index (χ0) is 28.5. The number of aromatic nitrogens is 1. The highest BCUT2D eigenvalue weighted by Crippen LogP contribution is 2.33. The van der Waals surface area contributed by atoms with Crippen molar-refractivity contribution in [3.8, 4) is 5.88 Å². The van der Waals surface area contributed by atoms with Crippen LogP contribution in [0.25, 0.3) is 10.9 Å². The first kappa shape index (κ1) is 26.7. The van der Waals surface area contributed by atoms with Gasteiger partial charge in [-0.2, -0.15) is 0 Å². The summed E-state index contributed by atoms with van der Waals surface area (Å²) in [4.78, 5) is 39.8. The number of esters is 1. The Hall–Kier alpha value is -4.47. The molecule has 6 rings (SSSR count). The van der Waals surface area contributed by atoms with E-state index in [1.165, 1.54) is 7.11 Å². The number of benzene rings is 3. The Labute approximate surface area is 238 Å². The van der Waals surface area contributed by atoms with Crippen molar-refractivity contribution in [2.45, 2.75) is 12.5 Å². The quantitative estimate of drug-likeness (QED) is 0.275. The van der Waals surface area contributed by atoms with E-state index in [0.29, 0.717) is 34.6 Å². The molecule has 0 aliphatic carbocycles. The van der Waals surface area contributed by atoms with Crippen LogP contribution < -0.4 is 4.90 Å². The molecule has 0 bridgehead atoms. The number of carbonyl (C=O) groups excluding carboxylic acids is 2. The van der Waals surface area contributed by atoms with E-state index in [-0.39, 0.29) is 17.8 Å². The standard InChI is InChI=1S/C32H33N5O4/c1-35-16-18-36(19-17-35)27-14-15-37(31(27)39)24-11-9-23(10-12-24)33-29(21-6-4-3-5-7-21)28-25-13-8-22(32(40)41-2)20-26(25)34-30(28)38/h3-13,20,27,34,38H,14-19H2,1-2H3. The number of ether oxygens (including phenoxy) is 1.